The number of amides is 1. The SMILES string of the molecule is Cc1cc(C(=O)O)cc(C(=O)NC(c2c(C)nn(C)c2C)C(F)(F)F)c1. The van der Waals surface area contributed by atoms with E-state index in [0.717, 1.165) is 6.07 Å². The van der Waals surface area contributed by atoms with Gasteiger partial charge in [0.1, 0.15) is 0 Å². The summed E-state index contributed by atoms with van der Waals surface area (Å²) >= 11 is 0. The van der Waals surface area contributed by atoms with Crippen LogP contribution in [0.5, 0.6) is 0 Å². The van der Waals surface area contributed by atoms with Crippen LogP contribution in [0.1, 0.15) is 49.3 Å². The van der Waals surface area contributed by atoms with Gasteiger partial charge in [-0.1, -0.05) is 0 Å². The lowest BCUT2D eigenvalue weighted by atomic mass is 10.0. The third-order valence-electron chi connectivity index (χ3n) is 4.04. The number of benzene rings is 1. The first-order valence-corrected chi connectivity index (χ1v) is 7.64. The smallest absolute Gasteiger partial charge is 0.413 e. The monoisotopic (exact) mass is 369 g/mol. The molecule has 0 radical (unpaired) electrons. The molecule has 26 heavy (non-hydrogen) atoms. The van der Waals surface area contributed by atoms with Crippen LogP contribution in [0.4, 0.5) is 13.2 Å². The number of halogens is 3. The van der Waals surface area contributed by atoms with Crippen LogP contribution in [0.15, 0.2) is 18.2 Å². The van der Waals surface area contributed by atoms with E-state index < -0.39 is 24.1 Å². The fraction of sp³-hybridized carbons (Fsp3) is 0.353. The molecule has 1 atom stereocenters. The zero-order valence-electron chi connectivity index (χ0n) is 14.6. The molecule has 0 saturated heterocycles. The van der Waals surface area contributed by atoms with Crippen LogP contribution in [0.25, 0.3) is 0 Å². The number of rotatable bonds is 4. The molecular formula is C17H18F3N3O3. The van der Waals surface area contributed by atoms with E-state index in [1.807, 2.05) is 5.32 Å². The number of carbonyl (C=O) groups excluding carboxylic acids is 1. The maximum Gasteiger partial charge on any atom is 0.413 e. The van der Waals surface area contributed by atoms with Crippen molar-refractivity contribution in [3.8, 4) is 0 Å². The maximum atomic E-state index is 13.6. The lowest BCUT2D eigenvalue weighted by molar-refractivity contribution is -0.155. The average Bonchev–Trinajstić information content (AvgIpc) is 2.76. The Hall–Kier alpha value is -2.84. The lowest BCUT2D eigenvalue weighted by Crippen LogP contribution is -2.38. The molecule has 0 aliphatic carbocycles. The van der Waals surface area contributed by atoms with Gasteiger partial charge in [0.05, 0.1) is 11.3 Å². The molecule has 1 aromatic heterocycles. The van der Waals surface area contributed by atoms with Crippen LogP contribution in [0.2, 0.25) is 0 Å². The molecule has 0 aliphatic rings. The summed E-state index contributed by atoms with van der Waals surface area (Å²) in [5.41, 5.74) is 0.429. The number of hydrogen-bond donors (Lipinski definition) is 2. The summed E-state index contributed by atoms with van der Waals surface area (Å²) < 4.78 is 42.1. The Morgan fingerprint density at radius 2 is 1.73 bits per heavy atom. The zero-order chi connectivity index (χ0) is 19.8. The molecule has 1 amide bonds. The summed E-state index contributed by atoms with van der Waals surface area (Å²) in [5, 5.41) is 15.0. The van der Waals surface area contributed by atoms with Crippen molar-refractivity contribution < 1.29 is 27.9 Å². The molecule has 0 aliphatic heterocycles. The Morgan fingerprint density at radius 3 is 2.19 bits per heavy atom. The first-order chi connectivity index (χ1) is 11.9. The summed E-state index contributed by atoms with van der Waals surface area (Å²) in [6.07, 6.45) is -4.74. The number of nitrogens with one attached hydrogen (secondary N) is 1. The number of carboxylic acids is 1. The number of aryl methyl sites for hydroxylation is 3. The zero-order valence-corrected chi connectivity index (χ0v) is 14.6. The van der Waals surface area contributed by atoms with Crippen LogP contribution in [-0.2, 0) is 7.05 Å². The summed E-state index contributed by atoms with van der Waals surface area (Å²) in [4.78, 5) is 23.5. The fourth-order valence-corrected chi connectivity index (χ4v) is 2.78. The minimum atomic E-state index is -4.74. The molecule has 1 unspecified atom stereocenters. The summed E-state index contributed by atoms with van der Waals surface area (Å²) in [7, 11) is 1.51. The minimum Gasteiger partial charge on any atom is -0.478 e. The van der Waals surface area contributed by atoms with Gasteiger partial charge in [-0.2, -0.15) is 18.3 Å². The largest absolute Gasteiger partial charge is 0.478 e. The average molecular weight is 369 g/mol. The molecule has 1 heterocycles. The number of aromatic carboxylic acids is 1. The lowest BCUT2D eigenvalue weighted by Gasteiger charge is -2.22. The van der Waals surface area contributed by atoms with Crippen LogP contribution in [0, 0.1) is 20.8 Å². The van der Waals surface area contributed by atoms with Gasteiger partial charge in [0, 0.05) is 23.9 Å². The second-order valence-electron chi connectivity index (χ2n) is 6.05. The van der Waals surface area contributed by atoms with E-state index in [1.54, 1.807) is 6.92 Å². The first-order valence-electron chi connectivity index (χ1n) is 7.64. The summed E-state index contributed by atoms with van der Waals surface area (Å²) in [5.74, 6) is -2.28. The highest BCUT2D eigenvalue weighted by molar-refractivity contribution is 5.98. The highest BCUT2D eigenvalue weighted by atomic mass is 19.4. The van der Waals surface area contributed by atoms with Crippen molar-refractivity contribution in [2.24, 2.45) is 7.05 Å². The Balaban J connectivity index is 2.44. The molecule has 140 valence electrons. The van der Waals surface area contributed by atoms with Crippen molar-refractivity contribution in [1.29, 1.82) is 0 Å². The summed E-state index contributed by atoms with van der Waals surface area (Å²) in [6, 6.07) is 1.45. The van der Waals surface area contributed by atoms with Crippen molar-refractivity contribution in [3.05, 3.63) is 51.8 Å². The van der Waals surface area contributed by atoms with Gasteiger partial charge in [0.25, 0.3) is 5.91 Å². The van der Waals surface area contributed by atoms with E-state index in [1.165, 1.54) is 37.7 Å². The van der Waals surface area contributed by atoms with E-state index in [-0.39, 0.29) is 28.1 Å². The predicted octanol–water partition coefficient (Wildman–Crippen LogP) is 3.08. The molecule has 1 aromatic carbocycles. The van der Waals surface area contributed by atoms with E-state index >= 15 is 0 Å². The molecule has 0 saturated carbocycles. The topological polar surface area (TPSA) is 84.2 Å². The van der Waals surface area contributed by atoms with Gasteiger partial charge in [0.15, 0.2) is 6.04 Å². The van der Waals surface area contributed by atoms with Gasteiger partial charge in [-0.3, -0.25) is 9.48 Å². The number of nitrogens with zero attached hydrogens (tertiary/aromatic N) is 2. The van der Waals surface area contributed by atoms with E-state index in [9.17, 15) is 22.8 Å². The minimum absolute atomic E-state index is 0.125. The van der Waals surface area contributed by atoms with E-state index in [2.05, 4.69) is 5.10 Å². The van der Waals surface area contributed by atoms with E-state index in [4.69, 9.17) is 5.11 Å². The fourth-order valence-electron chi connectivity index (χ4n) is 2.78. The number of aromatic nitrogens is 2. The van der Waals surface area contributed by atoms with Gasteiger partial charge in [-0.05, 0) is 44.5 Å². The van der Waals surface area contributed by atoms with Crippen LogP contribution < -0.4 is 5.32 Å². The number of carboxylic acid groups (broad SMARTS) is 1. The Kier molecular flexibility index (Phi) is 5.11. The second kappa shape index (κ2) is 6.81. The molecule has 0 bridgehead atoms. The highest BCUT2D eigenvalue weighted by Crippen LogP contribution is 2.36. The van der Waals surface area contributed by atoms with Gasteiger partial charge in [-0.25, -0.2) is 4.79 Å². The Morgan fingerprint density at radius 1 is 1.15 bits per heavy atom. The molecule has 0 fully saturated rings. The van der Waals surface area contributed by atoms with Gasteiger partial charge in [-0.15, -0.1) is 0 Å². The van der Waals surface area contributed by atoms with Crippen LogP contribution in [0.3, 0.4) is 0 Å². The molecule has 0 spiro atoms. The summed E-state index contributed by atoms with van der Waals surface area (Å²) in [6.45, 7) is 4.47. The standard InChI is InChI=1S/C17H18F3N3O3/c1-8-5-11(7-12(6-8)16(25)26)15(24)21-14(17(18,19)20)13-9(2)22-23(4)10(13)3/h5-7,14H,1-4H3,(H,21,24)(H,25,26). The van der Waals surface area contributed by atoms with Crippen LogP contribution in [-0.4, -0.2) is 32.9 Å². The molecule has 2 N–H and O–H groups in total. The number of hydrogen-bond acceptors (Lipinski definition) is 3. The van der Waals surface area contributed by atoms with Crippen LogP contribution >= 0.6 is 0 Å². The maximum absolute atomic E-state index is 13.6. The van der Waals surface area contributed by atoms with Crippen molar-refractivity contribution in [1.82, 2.24) is 15.1 Å². The Bertz CT molecular complexity index is 872. The first kappa shape index (κ1) is 19.5. The molecule has 6 nitrogen and oxygen atoms in total. The van der Waals surface area contributed by atoms with Gasteiger partial charge in [0.2, 0.25) is 0 Å². The molecular weight excluding hydrogens is 351 g/mol. The van der Waals surface area contributed by atoms with Crippen molar-refractivity contribution >= 4 is 11.9 Å². The normalized spacial score (nSPS) is 12.7. The van der Waals surface area contributed by atoms with Crippen molar-refractivity contribution in [2.75, 3.05) is 0 Å². The van der Waals surface area contributed by atoms with Crippen molar-refractivity contribution in [2.45, 2.75) is 33.0 Å². The van der Waals surface area contributed by atoms with Crippen molar-refractivity contribution in [3.63, 3.8) is 0 Å². The van der Waals surface area contributed by atoms with E-state index in [0.29, 0.717) is 5.56 Å². The second-order valence-corrected chi connectivity index (χ2v) is 6.05. The number of alkyl halides is 3. The predicted molar refractivity (Wildman–Crippen MR) is 87.1 cm³/mol. The third kappa shape index (κ3) is 3.87. The highest BCUT2D eigenvalue weighted by Gasteiger charge is 2.44. The third-order valence-corrected chi connectivity index (χ3v) is 4.04. The Labute approximate surface area is 147 Å². The number of carbonyl (C=O) groups is 2. The van der Waals surface area contributed by atoms with Gasteiger partial charge < -0.3 is 10.4 Å². The quantitative estimate of drug-likeness (QED) is 0.868. The molecule has 9 heteroatoms. The molecule has 2 rings (SSSR count). The van der Waals surface area contributed by atoms with Gasteiger partial charge >= 0.3 is 12.1 Å². The molecule has 2 aromatic rings.